The van der Waals surface area contributed by atoms with E-state index in [-0.39, 0.29) is 0 Å². The topological polar surface area (TPSA) is 52.0 Å². The summed E-state index contributed by atoms with van der Waals surface area (Å²) in [6, 6.07) is 16.2. The van der Waals surface area contributed by atoms with E-state index in [1.165, 1.54) is 11.3 Å². The van der Waals surface area contributed by atoms with Gasteiger partial charge in [0.25, 0.3) is 0 Å². The predicted octanol–water partition coefficient (Wildman–Crippen LogP) is 4.55. The van der Waals surface area contributed by atoms with Gasteiger partial charge in [0, 0.05) is 47.8 Å². The molecule has 0 amide bonds. The number of nitrogens with zero attached hydrogens (tertiary/aromatic N) is 3. The number of hydrogen-bond acceptors (Lipinski definition) is 4. The average molecular weight is 381 g/mol. The molecule has 120 valence electrons. The van der Waals surface area contributed by atoms with E-state index in [2.05, 4.69) is 61.5 Å². The van der Waals surface area contributed by atoms with Crippen molar-refractivity contribution >= 4 is 38.2 Å². The van der Waals surface area contributed by atoms with Crippen LogP contribution in [0.15, 0.2) is 53.1 Å². The lowest BCUT2D eigenvalue weighted by molar-refractivity contribution is 1.10. The number of pyridine rings is 1. The van der Waals surface area contributed by atoms with Gasteiger partial charge in [-0.25, -0.2) is 4.98 Å². The SMILES string of the molecule is CN(C)c1ccc(CNc2ncc(Br)c3cc(C#N)ccc23)cc1. The maximum Gasteiger partial charge on any atom is 0.134 e. The van der Waals surface area contributed by atoms with Gasteiger partial charge in [-0.3, -0.25) is 0 Å². The molecule has 0 saturated heterocycles. The van der Waals surface area contributed by atoms with Crippen LogP contribution in [0.25, 0.3) is 10.8 Å². The van der Waals surface area contributed by atoms with Crippen LogP contribution in [-0.4, -0.2) is 19.1 Å². The van der Waals surface area contributed by atoms with E-state index >= 15 is 0 Å². The number of aromatic nitrogens is 1. The van der Waals surface area contributed by atoms with Crippen molar-refractivity contribution in [3.63, 3.8) is 0 Å². The highest BCUT2D eigenvalue weighted by Gasteiger charge is 2.07. The van der Waals surface area contributed by atoms with Crippen molar-refractivity contribution in [3.8, 4) is 6.07 Å². The van der Waals surface area contributed by atoms with Gasteiger partial charge in [0.05, 0.1) is 11.6 Å². The van der Waals surface area contributed by atoms with Crippen molar-refractivity contribution in [1.29, 1.82) is 5.26 Å². The fourth-order valence-corrected chi connectivity index (χ4v) is 2.95. The lowest BCUT2D eigenvalue weighted by atomic mass is 10.1. The van der Waals surface area contributed by atoms with E-state index in [1.54, 1.807) is 6.20 Å². The first kappa shape index (κ1) is 16.3. The molecule has 0 radical (unpaired) electrons. The van der Waals surface area contributed by atoms with E-state index in [0.717, 1.165) is 21.1 Å². The Balaban J connectivity index is 1.85. The first-order valence-electron chi connectivity index (χ1n) is 7.57. The summed E-state index contributed by atoms with van der Waals surface area (Å²) in [4.78, 5) is 6.55. The molecule has 0 spiro atoms. The molecule has 0 saturated carbocycles. The van der Waals surface area contributed by atoms with E-state index in [4.69, 9.17) is 5.26 Å². The van der Waals surface area contributed by atoms with Crippen molar-refractivity contribution < 1.29 is 0 Å². The van der Waals surface area contributed by atoms with Crippen molar-refractivity contribution in [2.75, 3.05) is 24.3 Å². The molecule has 3 aromatic rings. The van der Waals surface area contributed by atoms with Gasteiger partial charge in [-0.1, -0.05) is 12.1 Å². The number of anilines is 2. The van der Waals surface area contributed by atoms with E-state index in [1.807, 2.05) is 32.3 Å². The van der Waals surface area contributed by atoms with Gasteiger partial charge in [0.2, 0.25) is 0 Å². The van der Waals surface area contributed by atoms with Gasteiger partial charge in [0.15, 0.2) is 0 Å². The van der Waals surface area contributed by atoms with Crippen LogP contribution < -0.4 is 10.2 Å². The zero-order valence-electron chi connectivity index (χ0n) is 13.5. The maximum absolute atomic E-state index is 9.07. The molecule has 0 atom stereocenters. The van der Waals surface area contributed by atoms with Crippen molar-refractivity contribution in [3.05, 3.63) is 64.3 Å². The summed E-state index contributed by atoms with van der Waals surface area (Å²) in [5.74, 6) is 0.814. The molecule has 0 unspecified atom stereocenters. The van der Waals surface area contributed by atoms with Crippen LogP contribution >= 0.6 is 15.9 Å². The van der Waals surface area contributed by atoms with Gasteiger partial charge >= 0.3 is 0 Å². The molecule has 0 bridgehead atoms. The first-order valence-corrected chi connectivity index (χ1v) is 8.36. The lowest BCUT2D eigenvalue weighted by Gasteiger charge is -2.13. The minimum Gasteiger partial charge on any atom is -0.378 e. The van der Waals surface area contributed by atoms with Crippen LogP contribution in [0, 0.1) is 11.3 Å². The van der Waals surface area contributed by atoms with Crippen LogP contribution in [0.1, 0.15) is 11.1 Å². The molecular formula is C19H17BrN4. The van der Waals surface area contributed by atoms with E-state index in [9.17, 15) is 0 Å². The van der Waals surface area contributed by atoms with Crippen molar-refractivity contribution in [2.45, 2.75) is 6.54 Å². The number of halogens is 1. The third-order valence-electron chi connectivity index (χ3n) is 3.88. The Morgan fingerprint density at radius 1 is 1.12 bits per heavy atom. The van der Waals surface area contributed by atoms with E-state index in [0.29, 0.717) is 12.1 Å². The van der Waals surface area contributed by atoms with Crippen LogP contribution in [0.5, 0.6) is 0 Å². The number of rotatable bonds is 4. The highest BCUT2D eigenvalue weighted by Crippen LogP contribution is 2.29. The molecule has 0 aliphatic rings. The summed E-state index contributed by atoms with van der Waals surface area (Å²) in [5.41, 5.74) is 3.00. The lowest BCUT2D eigenvalue weighted by Crippen LogP contribution is -2.08. The number of hydrogen-bond donors (Lipinski definition) is 1. The van der Waals surface area contributed by atoms with Gasteiger partial charge < -0.3 is 10.2 Å². The Kier molecular flexibility index (Phi) is 4.68. The molecule has 4 nitrogen and oxygen atoms in total. The summed E-state index contributed by atoms with van der Waals surface area (Å²) in [6.45, 7) is 0.692. The Morgan fingerprint density at radius 2 is 1.88 bits per heavy atom. The second-order valence-electron chi connectivity index (χ2n) is 5.74. The fraction of sp³-hybridized carbons (Fsp3) is 0.158. The summed E-state index contributed by atoms with van der Waals surface area (Å²) < 4.78 is 0.885. The average Bonchev–Trinajstić information content (AvgIpc) is 2.61. The van der Waals surface area contributed by atoms with E-state index < -0.39 is 0 Å². The molecule has 0 aliphatic carbocycles. The largest absolute Gasteiger partial charge is 0.378 e. The van der Waals surface area contributed by atoms with Crippen LogP contribution in [-0.2, 0) is 6.54 Å². The van der Waals surface area contributed by atoms with Crippen molar-refractivity contribution in [2.24, 2.45) is 0 Å². The third-order valence-corrected chi connectivity index (χ3v) is 4.51. The Hall–Kier alpha value is -2.58. The first-order chi connectivity index (χ1) is 11.6. The Bertz CT molecular complexity index is 911. The summed E-state index contributed by atoms with van der Waals surface area (Å²) >= 11 is 3.51. The molecule has 3 rings (SSSR count). The predicted molar refractivity (Wildman–Crippen MR) is 102 cm³/mol. The normalized spacial score (nSPS) is 10.4. The third kappa shape index (κ3) is 3.34. The van der Waals surface area contributed by atoms with Crippen LogP contribution in [0.4, 0.5) is 11.5 Å². The molecular weight excluding hydrogens is 364 g/mol. The maximum atomic E-state index is 9.07. The van der Waals surface area contributed by atoms with Gasteiger partial charge in [-0.2, -0.15) is 5.26 Å². The van der Waals surface area contributed by atoms with Crippen molar-refractivity contribution in [1.82, 2.24) is 4.98 Å². The number of fused-ring (bicyclic) bond motifs is 1. The highest BCUT2D eigenvalue weighted by molar-refractivity contribution is 9.10. The van der Waals surface area contributed by atoms with Gasteiger partial charge in [-0.05, 0) is 51.8 Å². The summed E-state index contributed by atoms with van der Waals surface area (Å²) in [7, 11) is 4.06. The minimum atomic E-state index is 0.639. The standard InChI is InChI=1S/C19H17BrN4/c1-24(2)15-6-3-13(4-7-15)11-22-19-16-8-5-14(10-21)9-17(16)18(20)12-23-19/h3-9,12H,11H2,1-2H3,(H,22,23). The second kappa shape index (κ2) is 6.90. The molecule has 2 aromatic carbocycles. The molecule has 1 heterocycles. The molecule has 5 heteroatoms. The zero-order chi connectivity index (χ0) is 17.1. The van der Waals surface area contributed by atoms with Crippen LogP contribution in [0.3, 0.4) is 0 Å². The number of nitriles is 1. The number of nitrogens with one attached hydrogen (secondary N) is 1. The van der Waals surface area contributed by atoms with Gasteiger partial charge in [-0.15, -0.1) is 0 Å². The van der Waals surface area contributed by atoms with Gasteiger partial charge in [0.1, 0.15) is 5.82 Å². The zero-order valence-corrected chi connectivity index (χ0v) is 15.1. The Morgan fingerprint density at radius 3 is 2.54 bits per heavy atom. The molecule has 24 heavy (non-hydrogen) atoms. The Labute approximate surface area is 149 Å². The quantitative estimate of drug-likeness (QED) is 0.721. The summed E-state index contributed by atoms with van der Waals surface area (Å²) in [6.07, 6.45) is 1.76. The molecule has 0 fully saturated rings. The second-order valence-corrected chi connectivity index (χ2v) is 6.60. The molecule has 1 aromatic heterocycles. The van der Waals surface area contributed by atoms with Crippen LogP contribution in [0.2, 0.25) is 0 Å². The number of benzene rings is 2. The highest BCUT2D eigenvalue weighted by atomic mass is 79.9. The summed E-state index contributed by atoms with van der Waals surface area (Å²) in [5, 5.41) is 14.4. The minimum absolute atomic E-state index is 0.639. The molecule has 1 N–H and O–H groups in total. The fourth-order valence-electron chi connectivity index (χ4n) is 2.52. The molecule has 0 aliphatic heterocycles. The smallest absolute Gasteiger partial charge is 0.134 e. The monoisotopic (exact) mass is 380 g/mol.